The number of nitrogens with one attached hydrogen (secondary N) is 4. The van der Waals surface area contributed by atoms with Crippen LogP contribution in [-0.4, -0.2) is 122 Å². The maximum Gasteiger partial charge on any atom is 0.410 e. The molecule has 18 nitrogen and oxygen atoms in total. The Labute approximate surface area is 326 Å². The van der Waals surface area contributed by atoms with Crippen molar-refractivity contribution in [2.45, 2.75) is 109 Å². The molecular weight excluding hydrogens is 759 g/mol. The van der Waals surface area contributed by atoms with Crippen LogP contribution in [0.4, 0.5) is 14.7 Å². The highest BCUT2D eigenvalue weighted by Gasteiger charge is 2.32. The fourth-order valence-electron chi connectivity index (χ4n) is 6.51. The number of ether oxygens (including phenoxy) is 2. The van der Waals surface area contributed by atoms with Gasteiger partial charge in [-0.05, 0) is 97.8 Å². The van der Waals surface area contributed by atoms with Crippen molar-refractivity contribution in [3.63, 3.8) is 0 Å². The molecule has 0 aliphatic carbocycles. The van der Waals surface area contributed by atoms with Crippen LogP contribution < -0.4 is 20.7 Å². The molecule has 2 aliphatic heterocycles. The van der Waals surface area contributed by atoms with Crippen molar-refractivity contribution in [2.75, 3.05) is 51.2 Å². The summed E-state index contributed by atoms with van der Waals surface area (Å²) in [5.74, 6) is -2.19. The topological polar surface area (TPSA) is 243 Å². The van der Waals surface area contributed by atoms with Crippen LogP contribution in [0.15, 0.2) is 4.21 Å². The molecule has 3 rings (SSSR count). The Morgan fingerprint density at radius 1 is 0.945 bits per heavy atom. The number of nitrogens with zero attached hydrogens (tertiary/aromatic N) is 3. The Bertz CT molecular complexity index is 1610. The first-order valence-electron chi connectivity index (χ1n) is 18.7. The summed E-state index contributed by atoms with van der Waals surface area (Å²) in [5, 5.41) is 17.0. The van der Waals surface area contributed by atoms with E-state index in [4.69, 9.17) is 9.47 Å². The van der Waals surface area contributed by atoms with Crippen LogP contribution in [0.3, 0.4) is 0 Å². The van der Waals surface area contributed by atoms with E-state index in [1.54, 1.807) is 11.8 Å². The molecule has 55 heavy (non-hydrogen) atoms. The van der Waals surface area contributed by atoms with Crippen LogP contribution in [0.2, 0.25) is 0 Å². The third kappa shape index (κ3) is 15.2. The van der Waals surface area contributed by atoms with Crippen molar-refractivity contribution in [1.82, 2.24) is 30.1 Å². The van der Waals surface area contributed by atoms with Gasteiger partial charge in [-0.3, -0.25) is 19.2 Å². The minimum absolute atomic E-state index is 0.0454. The first-order valence-corrected chi connectivity index (χ1v) is 21.0. The van der Waals surface area contributed by atoms with Crippen molar-refractivity contribution in [2.24, 2.45) is 17.8 Å². The van der Waals surface area contributed by atoms with E-state index < -0.39 is 64.6 Å². The number of thiazole rings is 1. The van der Waals surface area contributed by atoms with E-state index in [-0.39, 0.29) is 39.6 Å². The number of aromatic nitrogens is 1. The number of aryl methyl sites for hydroxylation is 1. The van der Waals surface area contributed by atoms with Gasteiger partial charge in [0.15, 0.2) is 9.34 Å². The largest absolute Gasteiger partial charge is 0.465 e. The second-order valence-electron chi connectivity index (χ2n) is 15.0. The van der Waals surface area contributed by atoms with Crippen LogP contribution in [0, 0.1) is 24.7 Å². The number of amides is 5. The summed E-state index contributed by atoms with van der Waals surface area (Å²) in [7, 11) is -4.33. The molecule has 2 aliphatic rings. The van der Waals surface area contributed by atoms with Gasteiger partial charge >= 0.3 is 18.2 Å². The molecule has 2 fully saturated rings. The van der Waals surface area contributed by atoms with Crippen molar-refractivity contribution < 1.29 is 51.8 Å². The van der Waals surface area contributed by atoms with Gasteiger partial charge in [-0.25, -0.2) is 23.0 Å². The second kappa shape index (κ2) is 20.8. The minimum atomic E-state index is -4.33. The fraction of sp³-hybridized carbons (Fsp3) is 0.743. The minimum Gasteiger partial charge on any atom is -0.465 e. The average molecular weight is 816 g/mol. The number of piperidine rings is 2. The quantitative estimate of drug-likeness (QED) is 0.143. The van der Waals surface area contributed by atoms with Crippen LogP contribution >= 0.6 is 11.3 Å². The zero-order valence-electron chi connectivity index (χ0n) is 32.6. The summed E-state index contributed by atoms with van der Waals surface area (Å²) >= 11 is 0.703. The highest BCUT2D eigenvalue weighted by atomic mass is 32.2. The lowest BCUT2D eigenvalue weighted by atomic mass is 9.84. The van der Waals surface area contributed by atoms with Crippen molar-refractivity contribution in [1.29, 1.82) is 0 Å². The Morgan fingerprint density at radius 2 is 1.51 bits per heavy atom. The van der Waals surface area contributed by atoms with Gasteiger partial charge in [0, 0.05) is 45.6 Å². The maximum atomic E-state index is 13.5. The zero-order chi connectivity index (χ0) is 40.9. The van der Waals surface area contributed by atoms with Gasteiger partial charge in [-0.2, -0.15) is 4.72 Å². The number of rotatable bonds is 17. The Balaban J connectivity index is 1.59. The summed E-state index contributed by atoms with van der Waals surface area (Å²) in [4.78, 5) is 81.6. The number of carbonyl (C=O) groups excluding carboxylic acids is 5. The van der Waals surface area contributed by atoms with Crippen LogP contribution in [0.25, 0.3) is 0 Å². The Morgan fingerprint density at radius 3 is 2.02 bits per heavy atom. The van der Waals surface area contributed by atoms with Crippen molar-refractivity contribution >= 4 is 62.4 Å². The number of hydrogen-bond acceptors (Lipinski definition) is 12. The van der Waals surface area contributed by atoms with Crippen molar-refractivity contribution in [3.05, 3.63) is 5.69 Å². The van der Waals surface area contributed by atoms with Crippen LogP contribution in [0.5, 0.6) is 0 Å². The molecule has 5 N–H and O–H groups in total. The zero-order valence-corrected chi connectivity index (χ0v) is 34.2. The third-order valence-electron chi connectivity index (χ3n) is 9.44. The van der Waals surface area contributed by atoms with Gasteiger partial charge in [0.05, 0.1) is 18.8 Å². The van der Waals surface area contributed by atoms with Gasteiger partial charge < -0.3 is 40.3 Å². The van der Waals surface area contributed by atoms with Gasteiger partial charge in [-0.1, -0.05) is 11.3 Å². The van der Waals surface area contributed by atoms with E-state index in [0.29, 0.717) is 69.1 Å². The number of carboxylic acid groups (broad SMARTS) is 1. The molecule has 1 aromatic heterocycles. The molecule has 5 amide bonds. The Kier molecular flexibility index (Phi) is 17.1. The number of esters is 1. The number of hydrogen-bond donors (Lipinski definition) is 5. The second-order valence-corrected chi connectivity index (χ2v) is 17.9. The molecule has 310 valence electrons. The van der Waals surface area contributed by atoms with E-state index in [1.807, 2.05) is 20.8 Å². The van der Waals surface area contributed by atoms with Gasteiger partial charge in [0.25, 0.3) is 10.0 Å². The van der Waals surface area contributed by atoms with E-state index in [0.717, 1.165) is 25.7 Å². The fourth-order valence-corrected chi connectivity index (χ4v) is 9.17. The molecule has 2 saturated heterocycles. The maximum absolute atomic E-state index is 13.5. The van der Waals surface area contributed by atoms with E-state index in [2.05, 4.69) is 25.7 Å². The molecule has 0 aromatic carbocycles. The number of likely N-dealkylation sites (tertiary alicyclic amines) is 2. The summed E-state index contributed by atoms with van der Waals surface area (Å²) in [6.45, 7) is 10.8. The summed E-state index contributed by atoms with van der Waals surface area (Å²) < 4.78 is 39.0. The molecular formula is C35H57N7O11S2. The summed E-state index contributed by atoms with van der Waals surface area (Å²) in [6, 6.07) is -1.50. The third-order valence-corrected chi connectivity index (χ3v) is 12.6. The molecule has 1 aromatic rings. The van der Waals surface area contributed by atoms with Crippen LogP contribution in [-0.2, 0) is 38.7 Å². The summed E-state index contributed by atoms with van der Waals surface area (Å²) in [6.07, 6.45) is 4.26. The van der Waals surface area contributed by atoms with E-state index >= 15 is 0 Å². The molecule has 0 bridgehead atoms. The molecule has 3 heterocycles. The predicted molar refractivity (Wildman–Crippen MR) is 203 cm³/mol. The average Bonchev–Trinajstić information content (AvgIpc) is 3.48. The van der Waals surface area contributed by atoms with Gasteiger partial charge in [0.2, 0.25) is 17.7 Å². The highest BCUT2D eigenvalue weighted by Crippen LogP contribution is 2.30. The molecule has 0 spiro atoms. The Hall–Kier alpha value is -4.04. The smallest absolute Gasteiger partial charge is 0.410 e. The first kappa shape index (κ1) is 45.4. The first-order chi connectivity index (χ1) is 25.8. The molecule has 2 atom stereocenters. The van der Waals surface area contributed by atoms with Crippen molar-refractivity contribution in [3.8, 4) is 0 Å². The molecule has 0 radical (unpaired) electrons. The van der Waals surface area contributed by atoms with Crippen LogP contribution in [0.1, 0.15) is 91.7 Å². The number of carbonyl (C=O) groups is 6. The summed E-state index contributed by atoms with van der Waals surface area (Å²) in [5.41, 5.74) is -0.486. The highest BCUT2D eigenvalue weighted by molar-refractivity contribution is 7.91. The standard InChI is InChI=1S/C35H57N7O11S2/c1-7-52-30(46)27(40-55(50,51)31-22(2)38-32(54-31)39-23(3)43)20-36-28(44)21-37-29(45)26(10-8-24-12-16-41(17-13-24)33(47)48)11-9-25-14-18-42(19-15-25)34(49)53-35(4,5)6/h24-27,40H,7-21H2,1-6H3,(H,36,44)(H,37,45)(H,47,48)(H,38,39,43)/t26?,27-/m0/s1. The lowest BCUT2D eigenvalue weighted by molar-refractivity contribution is -0.145. The van der Waals surface area contributed by atoms with Gasteiger partial charge in [0.1, 0.15) is 11.6 Å². The number of anilines is 1. The lowest BCUT2D eigenvalue weighted by Crippen LogP contribution is -2.50. The monoisotopic (exact) mass is 815 g/mol. The number of sulfonamides is 1. The predicted octanol–water partition coefficient (Wildman–Crippen LogP) is 3.07. The normalized spacial score (nSPS) is 16.8. The SMILES string of the molecule is CCOC(=O)[C@H](CNC(=O)CNC(=O)C(CCC1CCN(C(=O)O)CC1)CCC1CCN(C(=O)OC(C)(C)C)CC1)NS(=O)(=O)c1sc(NC(C)=O)nc1C. The van der Waals surface area contributed by atoms with Gasteiger partial charge in [-0.15, -0.1) is 0 Å². The molecule has 1 unspecified atom stereocenters. The molecule has 0 saturated carbocycles. The van der Waals surface area contributed by atoms with E-state index in [9.17, 15) is 42.3 Å². The molecule has 20 heteroatoms. The lowest BCUT2D eigenvalue weighted by Gasteiger charge is -2.34. The van der Waals surface area contributed by atoms with E-state index in [1.165, 1.54) is 18.7 Å².